The molecule has 1 amide bonds. The van der Waals surface area contributed by atoms with Crippen LogP contribution in [-0.2, 0) is 0 Å². The number of carbonyl (C=O) groups excluding carboxylic acids is 1. The predicted octanol–water partition coefficient (Wildman–Crippen LogP) is 4.32. The number of fused-ring (bicyclic) bond motifs is 1. The standard InChI is InChI=1S/C23H18ClN3O3/c1-26(16-12-10-15(24)11-13-16)23(29)21-19-8-3-4-9-20(19)22(28)27(25-21)17-6-5-7-18(14-17)30-2/h3-14H,1-2H3. The van der Waals surface area contributed by atoms with Crippen LogP contribution in [0.25, 0.3) is 16.5 Å². The van der Waals surface area contributed by atoms with E-state index >= 15 is 0 Å². The maximum atomic E-state index is 13.4. The molecule has 6 nitrogen and oxygen atoms in total. The molecule has 1 aromatic heterocycles. The normalized spacial score (nSPS) is 10.8. The van der Waals surface area contributed by atoms with Gasteiger partial charge < -0.3 is 9.64 Å². The van der Waals surface area contributed by atoms with Crippen molar-refractivity contribution in [3.05, 3.63) is 93.9 Å². The molecule has 0 fully saturated rings. The lowest BCUT2D eigenvalue weighted by atomic mass is 10.1. The molecule has 0 spiro atoms. The van der Waals surface area contributed by atoms with Gasteiger partial charge in [-0.25, -0.2) is 0 Å². The number of amides is 1. The van der Waals surface area contributed by atoms with Crippen LogP contribution in [0.5, 0.6) is 5.75 Å². The van der Waals surface area contributed by atoms with E-state index in [2.05, 4.69) is 5.10 Å². The van der Waals surface area contributed by atoms with Crippen LogP contribution in [0, 0.1) is 0 Å². The molecule has 0 bridgehead atoms. The van der Waals surface area contributed by atoms with Crippen LogP contribution in [0.2, 0.25) is 5.02 Å². The van der Waals surface area contributed by atoms with Gasteiger partial charge in [-0.05, 0) is 42.5 Å². The van der Waals surface area contributed by atoms with Crippen LogP contribution in [0.1, 0.15) is 10.5 Å². The highest BCUT2D eigenvalue weighted by Gasteiger charge is 2.21. The number of nitrogens with zero attached hydrogens (tertiary/aromatic N) is 3. The van der Waals surface area contributed by atoms with Crippen LogP contribution >= 0.6 is 11.6 Å². The summed E-state index contributed by atoms with van der Waals surface area (Å²) in [7, 11) is 3.20. The molecule has 4 aromatic rings. The zero-order chi connectivity index (χ0) is 21.3. The summed E-state index contributed by atoms with van der Waals surface area (Å²) in [6.45, 7) is 0. The maximum absolute atomic E-state index is 13.4. The van der Waals surface area contributed by atoms with E-state index in [4.69, 9.17) is 16.3 Å². The molecule has 0 aliphatic carbocycles. The van der Waals surface area contributed by atoms with Gasteiger partial charge in [0.15, 0.2) is 5.69 Å². The summed E-state index contributed by atoms with van der Waals surface area (Å²) in [6.07, 6.45) is 0. The van der Waals surface area contributed by atoms with Crippen LogP contribution in [0.4, 0.5) is 5.69 Å². The third kappa shape index (κ3) is 3.53. The summed E-state index contributed by atoms with van der Waals surface area (Å²) in [5.41, 5.74) is 1.03. The first-order valence-electron chi connectivity index (χ1n) is 9.19. The van der Waals surface area contributed by atoms with Crippen molar-refractivity contribution in [2.45, 2.75) is 0 Å². The topological polar surface area (TPSA) is 64.4 Å². The highest BCUT2D eigenvalue weighted by atomic mass is 35.5. The Bertz CT molecular complexity index is 1300. The number of hydrogen-bond donors (Lipinski definition) is 0. The number of ether oxygens (including phenoxy) is 1. The van der Waals surface area contributed by atoms with Crippen LogP contribution in [0.3, 0.4) is 0 Å². The van der Waals surface area contributed by atoms with Crippen LogP contribution in [-0.4, -0.2) is 29.8 Å². The first-order chi connectivity index (χ1) is 14.5. The molecule has 0 unspecified atom stereocenters. The lowest BCUT2D eigenvalue weighted by molar-refractivity contribution is 0.0988. The molecule has 0 saturated heterocycles. The Kier molecular flexibility index (Phi) is 5.25. The second kappa shape index (κ2) is 8.00. The van der Waals surface area contributed by atoms with Crippen molar-refractivity contribution in [1.29, 1.82) is 0 Å². The van der Waals surface area contributed by atoms with E-state index in [1.807, 2.05) is 0 Å². The molecular formula is C23H18ClN3O3. The largest absolute Gasteiger partial charge is 0.497 e. The van der Waals surface area contributed by atoms with Crippen molar-refractivity contribution >= 4 is 34.0 Å². The summed E-state index contributed by atoms with van der Waals surface area (Å²) in [4.78, 5) is 27.9. The van der Waals surface area contributed by atoms with E-state index < -0.39 is 0 Å². The van der Waals surface area contributed by atoms with Gasteiger partial charge in [0, 0.05) is 29.2 Å². The number of anilines is 1. The zero-order valence-electron chi connectivity index (χ0n) is 16.4. The molecule has 0 aliphatic rings. The highest BCUT2D eigenvalue weighted by molar-refractivity contribution is 6.30. The third-order valence-corrected chi connectivity index (χ3v) is 5.08. The average Bonchev–Trinajstić information content (AvgIpc) is 2.79. The fraction of sp³-hybridized carbons (Fsp3) is 0.0870. The number of hydrogen-bond acceptors (Lipinski definition) is 4. The summed E-state index contributed by atoms with van der Waals surface area (Å²) >= 11 is 5.96. The number of aromatic nitrogens is 2. The van der Waals surface area contributed by atoms with Crippen LogP contribution < -0.4 is 15.2 Å². The van der Waals surface area contributed by atoms with E-state index in [9.17, 15) is 9.59 Å². The van der Waals surface area contributed by atoms with Gasteiger partial charge in [-0.3, -0.25) is 9.59 Å². The Balaban J connectivity index is 1.90. The molecule has 0 atom stereocenters. The Morgan fingerprint density at radius 1 is 1.00 bits per heavy atom. The quantitative estimate of drug-likeness (QED) is 0.494. The summed E-state index contributed by atoms with van der Waals surface area (Å²) in [6, 6.07) is 20.8. The number of carbonyl (C=O) groups is 1. The Labute approximate surface area is 177 Å². The summed E-state index contributed by atoms with van der Waals surface area (Å²) in [5, 5.41) is 5.92. The monoisotopic (exact) mass is 419 g/mol. The molecule has 1 heterocycles. The zero-order valence-corrected chi connectivity index (χ0v) is 17.1. The van der Waals surface area contributed by atoms with Gasteiger partial charge in [0.25, 0.3) is 11.5 Å². The van der Waals surface area contributed by atoms with Gasteiger partial charge in [-0.15, -0.1) is 0 Å². The van der Waals surface area contributed by atoms with E-state index in [0.29, 0.717) is 32.9 Å². The fourth-order valence-corrected chi connectivity index (χ4v) is 3.33. The Morgan fingerprint density at radius 2 is 1.70 bits per heavy atom. The minimum absolute atomic E-state index is 0.172. The van der Waals surface area contributed by atoms with Crippen molar-refractivity contribution in [2.75, 3.05) is 19.1 Å². The molecule has 7 heteroatoms. The van der Waals surface area contributed by atoms with E-state index in [0.717, 1.165) is 0 Å². The smallest absolute Gasteiger partial charge is 0.279 e. The second-order valence-corrected chi connectivity index (χ2v) is 7.09. The number of halogens is 1. The molecule has 0 radical (unpaired) electrons. The van der Waals surface area contributed by atoms with Crippen molar-refractivity contribution in [1.82, 2.24) is 9.78 Å². The minimum atomic E-state index is -0.342. The first kappa shape index (κ1) is 19.7. The molecule has 4 rings (SSSR count). The van der Waals surface area contributed by atoms with Gasteiger partial charge in [0.05, 0.1) is 18.2 Å². The summed E-state index contributed by atoms with van der Waals surface area (Å²) < 4.78 is 6.49. The van der Waals surface area contributed by atoms with Gasteiger partial charge in [0.2, 0.25) is 0 Å². The van der Waals surface area contributed by atoms with E-state index in [1.54, 1.807) is 87.0 Å². The predicted molar refractivity (Wildman–Crippen MR) is 118 cm³/mol. The molecule has 0 saturated carbocycles. The molecule has 150 valence electrons. The van der Waals surface area contributed by atoms with Gasteiger partial charge in [0.1, 0.15) is 5.75 Å². The van der Waals surface area contributed by atoms with Crippen molar-refractivity contribution < 1.29 is 9.53 Å². The van der Waals surface area contributed by atoms with Crippen molar-refractivity contribution in [3.8, 4) is 11.4 Å². The Hall–Kier alpha value is -3.64. The SMILES string of the molecule is COc1cccc(-n2nc(C(=O)N(C)c3ccc(Cl)cc3)c3ccccc3c2=O)c1. The van der Waals surface area contributed by atoms with E-state index in [-0.39, 0.29) is 17.2 Å². The fourth-order valence-electron chi connectivity index (χ4n) is 3.21. The summed E-state index contributed by atoms with van der Waals surface area (Å²) in [5.74, 6) is 0.241. The second-order valence-electron chi connectivity index (χ2n) is 6.65. The highest BCUT2D eigenvalue weighted by Crippen LogP contribution is 2.22. The molecule has 30 heavy (non-hydrogen) atoms. The Morgan fingerprint density at radius 3 is 2.40 bits per heavy atom. The first-order valence-corrected chi connectivity index (χ1v) is 9.57. The molecular weight excluding hydrogens is 402 g/mol. The van der Waals surface area contributed by atoms with Crippen molar-refractivity contribution in [3.63, 3.8) is 0 Å². The minimum Gasteiger partial charge on any atom is -0.497 e. The van der Waals surface area contributed by atoms with Gasteiger partial charge in [-0.1, -0.05) is 35.9 Å². The molecule has 0 N–H and O–H groups in total. The third-order valence-electron chi connectivity index (χ3n) is 4.82. The maximum Gasteiger partial charge on any atom is 0.279 e. The lowest BCUT2D eigenvalue weighted by Gasteiger charge is -2.19. The number of rotatable bonds is 4. The van der Waals surface area contributed by atoms with Gasteiger partial charge in [-0.2, -0.15) is 9.78 Å². The van der Waals surface area contributed by atoms with E-state index in [1.165, 1.54) is 9.58 Å². The number of benzene rings is 3. The lowest BCUT2D eigenvalue weighted by Crippen LogP contribution is -2.31. The molecule has 3 aromatic carbocycles. The van der Waals surface area contributed by atoms with Crippen molar-refractivity contribution in [2.24, 2.45) is 0 Å². The van der Waals surface area contributed by atoms with Crippen LogP contribution in [0.15, 0.2) is 77.6 Å². The molecule has 0 aliphatic heterocycles. The number of methoxy groups -OCH3 is 1. The average molecular weight is 420 g/mol. The van der Waals surface area contributed by atoms with Gasteiger partial charge >= 0.3 is 0 Å².